The van der Waals surface area contributed by atoms with Crippen molar-refractivity contribution >= 4 is 6.47 Å². The van der Waals surface area contributed by atoms with Crippen LogP contribution in [0.2, 0.25) is 0 Å². The van der Waals surface area contributed by atoms with E-state index < -0.39 is 0 Å². The number of ether oxygens (including phenoxy) is 1. The van der Waals surface area contributed by atoms with Gasteiger partial charge < -0.3 is 9.84 Å². The molecule has 0 radical (unpaired) electrons. The summed E-state index contributed by atoms with van der Waals surface area (Å²) in [4.78, 5) is 8.36. The first-order valence-corrected chi connectivity index (χ1v) is 6.77. The first-order valence-electron chi connectivity index (χ1n) is 6.77. The highest BCUT2D eigenvalue weighted by Gasteiger charge is 2.06. The average molecular weight is 290 g/mol. The van der Waals surface area contributed by atoms with Gasteiger partial charge in [0.2, 0.25) is 6.20 Å². The van der Waals surface area contributed by atoms with Gasteiger partial charge in [-0.15, -0.1) is 0 Å². The Morgan fingerprint density at radius 2 is 2.14 bits per heavy atom. The van der Waals surface area contributed by atoms with Crippen molar-refractivity contribution in [3.05, 3.63) is 60.5 Å². The zero-order chi connectivity index (χ0) is 16.1. The average Bonchev–Trinajstić information content (AvgIpc) is 2.49. The van der Waals surface area contributed by atoms with E-state index in [1.54, 1.807) is 6.08 Å². The fraction of sp³-hybridized carbons (Fsp3) is 0.294. The number of carbonyl (C=O) groups is 1. The Morgan fingerprint density at radius 1 is 1.48 bits per heavy atom. The van der Waals surface area contributed by atoms with Gasteiger partial charge >= 0.3 is 0 Å². The molecule has 21 heavy (non-hydrogen) atoms. The SMILES string of the molecule is C=C/C=C\C(=C/C)COc1ccc(C)[n+](CC)c1.O=CO. The summed E-state index contributed by atoms with van der Waals surface area (Å²) in [6.07, 6.45) is 9.78. The van der Waals surface area contributed by atoms with E-state index in [0.29, 0.717) is 6.61 Å². The molecule has 0 unspecified atom stereocenters. The first-order chi connectivity index (χ1) is 10.1. The summed E-state index contributed by atoms with van der Waals surface area (Å²) < 4.78 is 7.95. The lowest BCUT2D eigenvalue weighted by Crippen LogP contribution is -2.35. The van der Waals surface area contributed by atoms with Gasteiger partial charge in [-0.2, -0.15) is 4.57 Å². The van der Waals surface area contributed by atoms with Gasteiger partial charge in [0.1, 0.15) is 13.2 Å². The Kier molecular flexibility index (Phi) is 10.2. The minimum absolute atomic E-state index is 0.250. The molecule has 0 fully saturated rings. The number of allylic oxidation sites excluding steroid dienone is 3. The van der Waals surface area contributed by atoms with E-state index in [0.717, 1.165) is 17.9 Å². The Hall–Kier alpha value is -2.36. The molecule has 4 heteroatoms. The van der Waals surface area contributed by atoms with Gasteiger partial charge in [-0.1, -0.05) is 30.9 Å². The number of rotatable bonds is 6. The van der Waals surface area contributed by atoms with Gasteiger partial charge in [0, 0.05) is 13.0 Å². The molecule has 1 rings (SSSR count). The fourth-order valence-corrected chi connectivity index (χ4v) is 1.61. The number of hydrogen-bond acceptors (Lipinski definition) is 2. The number of nitrogens with zero attached hydrogens (tertiary/aromatic N) is 1. The summed E-state index contributed by atoms with van der Waals surface area (Å²) in [5, 5.41) is 6.89. The summed E-state index contributed by atoms with van der Waals surface area (Å²) in [5.74, 6) is 0.897. The van der Waals surface area contributed by atoms with Crippen molar-refractivity contribution in [1.82, 2.24) is 0 Å². The fourth-order valence-electron chi connectivity index (χ4n) is 1.61. The first kappa shape index (κ1) is 18.6. The third-order valence-corrected chi connectivity index (χ3v) is 2.79. The lowest BCUT2D eigenvalue weighted by atomic mass is 10.2. The van der Waals surface area contributed by atoms with Gasteiger partial charge in [-0.3, -0.25) is 4.79 Å². The van der Waals surface area contributed by atoms with E-state index in [1.165, 1.54) is 5.69 Å². The number of hydrogen-bond donors (Lipinski definition) is 1. The van der Waals surface area contributed by atoms with E-state index in [4.69, 9.17) is 14.6 Å². The van der Waals surface area contributed by atoms with E-state index in [2.05, 4.69) is 31.1 Å². The van der Waals surface area contributed by atoms with Crippen molar-refractivity contribution < 1.29 is 19.2 Å². The second kappa shape index (κ2) is 11.5. The van der Waals surface area contributed by atoms with E-state index in [9.17, 15) is 0 Å². The van der Waals surface area contributed by atoms with Crippen LogP contribution < -0.4 is 9.30 Å². The van der Waals surface area contributed by atoms with Crippen LogP contribution in [0.3, 0.4) is 0 Å². The third-order valence-electron chi connectivity index (χ3n) is 2.79. The molecular formula is C17H24NO3+. The van der Waals surface area contributed by atoms with Crippen molar-refractivity contribution in [3.63, 3.8) is 0 Å². The van der Waals surface area contributed by atoms with Crippen molar-refractivity contribution in [2.24, 2.45) is 0 Å². The second-order valence-electron chi connectivity index (χ2n) is 4.14. The van der Waals surface area contributed by atoms with Crippen LogP contribution in [0.25, 0.3) is 0 Å². The second-order valence-corrected chi connectivity index (χ2v) is 4.14. The molecule has 1 N–H and O–H groups in total. The molecule has 0 aliphatic heterocycles. The molecule has 0 spiro atoms. The largest absolute Gasteiger partial charge is 0.483 e. The van der Waals surface area contributed by atoms with Gasteiger partial charge in [-0.05, 0) is 25.5 Å². The smallest absolute Gasteiger partial charge is 0.290 e. The number of pyridine rings is 1. The van der Waals surface area contributed by atoms with E-state index in [1.807, 2.05) is 37.4 Å². The molecule has 0 aliphatic carbocycles. The molecule has 0 saturated heterocycles. The third kappa shape index (κ3) is 7.72. The summed E-state index contributed by atoms with van der Waals surface area (Å²) in [6.45, 7) is 11.2. The molecule has 0 bridgehead atoms. The van der Waals surface area contributed by atoms with Crippen LogP contribution in [-0.2, 0) is 11.3 Å². The zero-order valence-electron chi connectivity index (χ0n) is 13.0. The van der Waals surface area contributed by atoms with Gasteiger partial charge in [0.05, 0.1) is 0 Å². The van der Waals surface area contributed by atoms with Gasteiger partial charge in [0.25, 0.3) is 6.47 Å². The summed E-state index contributed by atoms with van der Waals surface area (Å²) in [6, 6.07) is 4.08. The molecule has 0 aromatic carbocycles. The Labute approximate surface area is 126 Å². The Balaban J connectivity index is 0.00000122. The number of carboxylic acid groups (broad SMARTS) is 1. The highest BCUT2D eigenvalue weighted by atomic mass is 16.5. The minimum atomic E-state index is -0.250. The quantitative estimate of drug-likeness (QED) is 0.497. The summed E-state index contributed by atoms with van der Waals surface area (Å²) >= 11 is 0. The molecule has 0 aliphatic rings. The van der Waals surface area contributed by atoms with Crippen LogP contribution in [-0.4, -0.2) is 18.2 Å². The molecule has 114 valence electrons. The van der Waals surface area contributed by atoms with Crippen molar-refractivity contribution in [1.29, 1.82) is 0 Å². The van der Waals surface area contributed by atoms with Crippen LogP contribution in [0.5, 0.6) is 5.75 Å². The van der Waals surface area contributed by atoms with Crippen LogP contribution in [0.1, 0.15) is 19.5 Å². The maximum absolute atomic E-state index is 8.36. The zero-order valence-corrected chi connectivity index (χ0v) is 13.0. The lowest BCUT2D eigenvalue weighted by Gasteiger charge is -2.06. The molecule has 1 heterocycles. The molecule has 0 saturated carbocycles. The van der Waals surface area contributed by atoms with Crippen molar-refractivity contribution in [3.8, 4) is 5.75 Å². The summed E-state index contributed by atoms with van der Waals surface area (Å²) in [7, 11) is 0. The van der Waals surface area contributed by atoms with Crippen molar-refractivity contribution in [2.75, 3.05) is 6.61 Å². The molecule has 1 aromatic rings. The topological polar surface area (TPSA) is 50.4 Å². The molecular weight excluding hydrogens is 266 g/mol. The predicted octanol–water partition coefficient (Wildman–Crippen LogP) is 3.07. The van der Waals surface area contributed by atoms with Gasteiger partial charge in [0.15, 0.2) is 11.4 Å². The van der Waals surface area contributed by atoms with Crippen LogP contribution in [0, 0.1) is 6.92 Å². The van der Waals surface area contributed by atoms with E-state index >= 15 is 0 Å². The normalized spacial score (nSPS) is 10.7. The molecule has 4 nitrogen and oxygen atoms in total. The number of aromatic nitrogens is 1. The number of aryl methyl sites for hydroxylation is 2. The summed E-state index contributed by atoms with van der Waals surface area (Å²) in [5.41, 5.74) is 2.38. The molecule has 0 amide bonds. The van der Waals surface area contributed by atoms with Crippen LogP contribution in [0.4, 0.5) is 0 Å². The predicted molar refractivity (Wildman–Crippen MR) is 84.3 cm³/mol. The van der Waals surface area contributed by atoms with Crippen molar-refractivity contribution in [2.45, 2.75) is 27.3 Å². The minimum Gasteiger partial charge on any atom is -0.483 e. The van der Waals surface area contributed by atoms with Crippen LogP contribution in [0.15, 0.2) is 54.8 Å². The maximum atomic E-state index is 8.36. The Bertz CT molecular complexity index is 505. The lowest BCUT2D eigenvalue weighted by molar-refractivity contribution is -0.699. The molecule has 0 atom stereocenters. The molecule has 1 aromatic heterocycles. The van der Waals surface area contributed by atoms with E-state index in [-0.39, 0.29) is 6.47 Å². The Morgan fingerprint density at radius 3 is 2.67 bits per heavy atom. The maximum Gasteiger partial charge on any atom is 0.290 e. The van der Waals surface area contributed by atoms with Gasteiger partial charge in [-0.25, -0.2) is 0 Å². The monoisotopic (exact) mass is 290 g/mol. The standard InChI is InChI=1S/C16H22NO.CH2O2/c1-5-8-9-15(6-2)13-18-16-11-10-14(4)17(7-3)12-16;2-1-3/h5-6,8-12H,1,7,13H2,2-4H3;1H,(H,2,3)/q+1;/b9-8-,15-6+;. The van der Waals surface area contributed by atoms with Crippen LogP contribution >= 0.6 is 0 Å². The highest BCUT2D eigenvalue weighted by Crippen LogP contribution is 2.09. The highest BCUT2D eigenvalue weighted by molar-refractivity contribution is 5.32.